The van der Waals surface area contributed by atoms with E-state index in [0.717, 1.165) is 0 Å². The van der Waals surface area contributed by atoms with Gasteiger partial charge < -0.3 is 4.74 Å². The molecule has 0 aliphatic carbocycles. The summed E-state index contributed by atoms with van der Waals surface area (Å²) in [6, 6.07) is 0. The van der Waals surface area contributed by atoms with Gasteiger partial charge in [0, 0.05) is 35.7 Å². The molecule has 0 fully saturated rings. The Labute approximate surface area is 69.3 Å². The second-order valence-corrected chi connectivity index (χ2v) is 1.32. The quantitative estimate of drug-likeness (QED) is 0.369. The van der Waals surface area contributed by atoms with Gasteiger partial charge >= 0.3 is 11.9 Å². The summed E-state index contributed by atoms with van der Waals surface area (Å²) < 4.78 is 4.12. The summed E-state index contributed by atoms with van der Waals surface area (Å²) in [5.41, 5.74) is 0. The van der Waals surface area contributed by atoms with E-state index in [9.17, 15) is 9.59 Å². The molecule has 57 valence electrons. The number of hydrogen-bond donors (Lipinski definition) is 0. The minimum Gasteiger partial charge on any atom is -0.393 e. The Balaban J connectivity index is 0. The maximum absolute atomic E-state index is 10.2. The zero-order valence-corrected chi connectivity index (χ0v) is 6.72. The molecular weight excluding hydrogens is 216 g/mol. The van der Waals surface area contributed by atoms with E-state index < -0.39 is 11.9 Å². The first-order valence-electron chi connectivity index (χ1n) is 2.38. The fourth-order valence-electron chi connectivity index (χ4n) is 0.232. The maximum Gasteiger partial charge on any atom is 0.313 e. The van der Waals surface area contributed by atoms with Crippen LogP contribution in [0.15, 0.2) is 0 Å². The first-order valence-corrected chi connectivity index (χ1v) is 2.38. The summed E-state index contributed by atoms with van der Waals surface area (Å²) in [5.74, 6) is -1.02. The number of carbonyl (C=O) groups excluding carboxylic acids is 2. The fourth-order valence-corrected chi connectivity index (χ4v) is 0.232. The Morgan fingerprint density at radius 1 is 1.44 bits per heavy atom. The van der Waals surface area contributed by atoms with E-state index in [1.807, 2.05) is 0 Å². The predicted molar refractivity (Wildman–Crippen MR) is 27.1 cm³/mol. The fraction of sp³-hybridized carbons (Fsp3) is 0.600. The zero-order chi connectivity index (χ0) is 6.57. The number of carbonyl (C=O) groups is 2. The Morgan fingerprint density at radius 2 is 1.89 bits per heavy atom. The van der Waals surface area contributed by atoms with Gasteiger partial charge in [0.15, 0.2) is 0 Å². The maximum atomic E-state index is 10.2. The Morgan fingerprint density at radius 3 is 2.00 bits per heavy atom. The largest absolute Gasteiger partial charge is 0.393 e. The molecule has 0 saturated heterocycles. The minimum atomic E-state index is -0.545. The Bertz CT molecular complexity index is 111. The van der Waals surface area contributed by atoms with Gasteiger partial charge in [0.05, 0.1) is 0 Å². The van der Waals surface area contributed by atoms with Gasteiger partial charge in [0.1, 0.15) is 0 Å². The van der Waals surface area contributed by atoms with Crippen molar-refractivity contribution >= 4 is 11.9 Å². The van der Waals surface area contributed by atoms with E-state index >= 15 is 0 Å². The van der Waals surface area contributed by atoms with Crippen LogP contribution in [0.5, 0.6) is 0 Å². The molecule has 0 rings (SSSR count). The van der Waals surface area contributed by atoms with Crippen molar-refractivity contribution < 1.29 is 36.7 Å². The van der Waals surface area contributed by atoms with Gasteiger partial charge in [-0.25, -0.2) is 0 Å². The average molecular weight is 224 g/mol. The molecule has 0 aliphatic heterocycles. The van der Waals surface area contributed by atoms with Crippen molar-refractivity contribution in [2.24, 2.45) is 0 Å². The molecule has 0 saturated carbocycles. The van der Waals surface area contributed by atoms with Gasteiger partial charge in [0.25, 0.3) is 0 Å². The van der Waals surface area contributed by atoms with Crippen LogP contribution >= 0.6 is 0 Å². The van der Waals surface area contributed by atoms with Gasteiger partial charge in [-0.05, 0) is 0 Å². The molecule has 0 aromatic carbocycles. The summed E-state index contributed by atoms with van der Waals surface area (Å²) in [6.45, 7) is 2.83. The van der Waals surface area contributed by atoms with Gasteiger partial charge in [0.2, 0.25) is 0 Å². The number of esters is 2. The first-order chi connectivity index (χ1) is 3.66. The third-order valence-corrected chi connectivity index (χ3v) is 0.546. The second-order valence-electron chi connectivity index (χ2n) is 1.32. The third kappa shape index (κ3) is 7.88. The smallest absolute Gasteiger partial charge is 0.313 e. The van der Waals surface area contributed by atoms with Crippen LogP contribution in [-0.4, -0.2) is 11.9 Å². The van der Waals surface area contributed by atoms with Gasteiger partial charge in [-0.1, -0.05) is 6.92 Å². The molecular formula is C5H8AgO3. The zero-order valence-electron chi connectivity index (χ0n) is 5.23. The summed E-state index contributed by atoms with van der Waals surface area (Å²) >= 11 is 0. The molecule has 0 spiro atoms. The second kappa shape index (κ2) is 6.01. The average Bonchev–Trinajstić information content (AvgIpc) is 1.65. The van der Waals surface area contributed by atoms with E-state index in [0.29, 0.717) is 0 Å². The molecule has 0 bridgehead atoms. The van der Waals surface area contributed by atoms with Crippen LogP contribution in [0.1, 0.15) is 20.3 Å². The normalized spacial score (nSPS) is 7.33. The summed E-state index contributed by atoms with van der Waals surface area (Å²) in [6.07, 6.45) is 0.250. The molecule has 0 aliphatic rings. The predicted octanol–water partition coefficient (Wildman–Crippen LogP) is 0.484. The van der Waals surface area contributed by atoms with Crippen molar-refractivity contribution in [1.82, 2.24) is 0 Å². The van der Waals surface area contributed by atoms with Crippen LogP contribution in [0.4, 0.5) is 0 Å². The Kier molecular flexibility index (Phi) is 7.78. The molecule has 9 heavy (non-hydrogen) atoms. The third-order valence-electron chi connectivity index (χ3n) is 0.546. The molecule has 0 aromatic heterocycles. The number of rotatable bonds is 1. The molecule has 0 heterocycles. The van der Waals surface area contributed by atoms with Crippen molar-refractivity contribution in [3.8, 4) is 0 Å². The summed E-state index contributed by atoms with van der Waals surface area (Å²) in [5, 5.41) is 0. The topological polar surface area (TPSA) is 43.4 Å². The standard InChI is InChI=1S/C5H8O3.Ag/c1-3-5(7)8-4(2)6;/h3H2,1-2H3;. The van der Waals surface area contributed by atoms with E-state index in [1.165, 1.54) is 6.92 Å². The van der Waals surface area contributed by atoms with Crippen LogP contribution in [0.2, 0.25) is 0 Å². The van der Waals surface area contributed by atoms with Crippen molar-refractivity contribution in [1.29, 1.82) is 0 Å². The first kappa shape index (κ1) is 11.6. The molecule has 3 nitrogen and oxygen atoms in total. The van der Waals surface area contributed by atoms with Crippen LogP contribution in [0, 0.1) is 0 Å². The van der Waals surface area contributed by atoms with Crippen molar-refractivity contribution in [3.05, 3.63) is 0 Å². The van der Waals surface area contributed by atoms with E-state index in [4.69, 9.17) is 0 Å². The van der Waals surface area contributed by atoms with Gasteiger partial charge in [-0.15, -0.1) is 0 Å². The SMILES string of the molecule is CCC(=O)OC(C)=O.[Ag]. The van der Waals surface area contributed by atoms with E-state index in [1.54, 1.807) is 6.92 Å². The molecule has 4 heteroatoms. The van der Waals surface area contributed by atoms with Crippen molar-refractivity contribution in [2.75, 3.05) is 0 Å². The molecule has 1 radical (unpaired) electrons. The molecule has 0 unspecified atom stereocenters. The molecule has 0 atom stereocenters. The van der Waals surface area contributed by atoms with E-state index in [2.05, 4.69) is 4.74 Å². The number of ether oxygens (including phenoxy) is 1. The van der Waals surface area contributed by atoms with Crippen LogP contribution in [0.25, 0.3) is 0 Å². The van der Waals surface area contributed by atoms with Crippen molar-refractivity contribution in [2.45, 2.75) is 20.3 Å². The van der Waals surface area contributed by atoms with Crippen LogP contribution < -0.4 is 0 Å². The van der Waals surface area contributed by atoms with Crippen molar-refractivity contribution in [3.63, 3.8) is 0 Å². The Hall–Kier alpha value is -0.120. The number of hydrogen-bond acceptors (Lipinski definition) is 3. The van der Waals surface area contributed by atoms with Crippen LogP contribution in [-0.2, 0) is 36.7 Å². The van der Waals surface area contributed by atoms with Gasteiger partial charge in [-0.2, -0.15) is 0 Å². The van der Waals surface area contributed by atoms with Gasteiger partial charge in [-0.3, -0.25) is 9.59 Å². The summed E-state index contributed by atoms with van der Waals surface area (Å²) in [4.78, 5) is 20.1. The minimum absolute atomic E-state index is 0. The molecule has 0 N–H and O–H groups in total. The monoisotopic (exact) mass is 223 g/mol. The summed E-state index contributed by atoms with van der Waals surface area (Å²) in [7, 11) is 0. The van der Waals surface area contributed by atoms with Crippen LogP contribution in [0.3, 0.4) is 0 Å². The molecule has 0 amide bonds. The van der Waals surface area contributed by atoms with E-state index in [-0.39, 0.29) is 28.8 Å². The molecule has 0 aromatic rings.